The molecule has 6 nitrogen and oxygen atoms in total. The van der Waals surface area contributed by atoms with Crippen LogP contribution in [-0.2, 0) is 6.42 Å². The van der Waals surface area contributed by atoms with Crippen molar-refractivity contribution < 1.29 is 14.3 Å². The number of ether oxygens (including phenoxy) is 2. The molecule has 0 spiro atoms. The van der Waals surface area contributed by atoms with Gasteiger partial charge in [0, 0.05) is 30.0 Å². The minimum Gasteiger partial charge on any atom is -0.490 e. The Morgan fingerprint density at radius 3 is 2.52 bits per heavy atom. The second kappa shape index (κ2) is 10.1. The molecular weight excluding hydrogens is 434 g/mol. The van der Waals surface area contributed by atoms with Crippen molar-refractivity contribution in [2.24, 2.45) is 0 Å². The van der Waals surface area contributed by atoms with Crippen molar-refractivity contribution in [3.05, 3.63) is 70.5 Å². The molecule has 0 aliphatic rings. The van der Waals surface area contributed by atoms with Crippen LogP contribution in [0.1, 0.15) is 40.3 Å². The predicted molar refractivity (Wildman–Crippen MR) is 133 cm³/mol. The van der Waals surface area contributed by atoms with Crippen LogP contribution in [0.2, 0.25) is 0 Å². The normalized spacial score (nSPS) is 11.0. The summed E-state index contributed by atoms with van der Waals surface area (Å²) in [4.78, 5) is 19.5. The van der Waals surface area contributed by atoms with E-state index in [-0.39, 0.29) is 5.91 Å². The third kappa shape index (κ3) is 4.88. The maximum Gasteiger partial charge on any atom is 0.263 e. The fraction of sp³-hybridized carbons (Fsp3) is 0.308. The number of nitrogens with one attached hydrogen (secondary N) is 1. The molecule has 1 amide bonds. The molecule has 0 bridgehead atoms. The number of carbonyl (C=O) groups excluding carboxylic acids is 1. The number of aryl methyl sites for hydroxylation is 2. The zero-order chi connectivity index (χ0) is 23.4. The van der Waals surface area contributed by atoms with E-state index < -0.39 is 0 Å². The number of nitrogens with zero attached hydrogens (tertiary/aromatic N) is 2. The highest BCUT2D eigenvalue weighted by Crippen LogP contribution is 2.36. The van der Waals surface area contributed by atoms with Crippen molar-refractivity contribution >= 4 is 27.5 Å². The Morgan fingerprint density at radius 2 is 1.79 bits per heavy atom. The van der Waals surface area contributed by atoms with Gasteiger partial charge in [-0.1, -0.05) is 6.07 Å². The van der Waals surface area contributed by atoms with Gasteiger partial charge < -0.3 is 19.4 Å². The number of pyridine rings is 1. The molecule has 0 radical (unpaired) electrons. The zero-order valence-electron chi connectivity index (χ0n) is 19.5. The van der Waals surface area contributed by atoms with Gasteiger partial charge in [-0.15, -0.1) is 11.3 Å². The lowest BCUT2D eigenvalue weighted by molar-refractivity contribution is 0.0958. The molecular formula is C26H29N3O3S. The quantitative estimate of drug-likeness (QED) is 0.357. The van der Waals surface area contributed by atoms with Crippen molar-refractivity contribution in [3.63, 3.8) is 0 Å². The van der Waals surface area contributed by atoms with Gasteiger partial charge in [0.05, 0.1) is 18.9 Å². The van der Waals surface area contributed by atoms with E-state index in [1.165, 1.54) is 11.3 Å². The molecule has 0 fully saturated rings. The average Bonchev–Trinajstić information content (AvgIpc) is 3.43. The van der Waals surface area contributed by atoms with Crippen LogP contribution in [-0.4, -0.2) is 35.2 Å². The van der Waals surface area contributed by atoms with E-state index in [1.807, 2.05) is 68.1 Å². The molecule has 33 heavy (non-hydrogen) atoms. The lowest BCUT2D eigenvalue weighted by Crippen LogP contribution is -2.25. The predicted octanol–water partition coefficient (Wildman–Crippen LogP) is 5.47. The third-order valence-electron chi connectivity index (χ3n) is 5.34. The van der Waals surface area contributed by atoms with Crippen LogP contribution in [0.5, 0.6) is 11.5 Å². The Balaban J connectivity index is 1.55. The lowest BCUT2D eigenvalue weighted by Gasteiger charge is -2.13. The Labute approximate surface area is 198 Å². The number of hydrogen-bond acceptors (Lipinski definition) is 5. The zero-order valence-corrected chi connectivity index (χ0v) is 20.3. The number of aromatic nitrogens is 2. The summed E-state index contributed by atoms with van der Waals surface area (Å²) in [5.41, 5.74) is 4.04. The summed E-state index contributed by atoms with van der Waals surface area (Å²) in [5, 5.41) is 4.12. The number of amides is 1. The van der Waals surface area contributed by atoms with Crippen LogP contribution < -0.4 is 14.8 Å². The van der Waals surface area contributed by atoms with Crippen LogP contribution in [0.3, 0.4) is 0 Å². The molecule has 0 aliphatic heterocycles. The van der Waals surface area contributed by atoms with E-state index >= 15 is 0 Å². The number of benzene rings is 1. The van der Waals surface area contributed by atoms with E-state index in [9.17, 15) is 4.79 Å². The SMILES string of the molecule is CCOc1ccc(CCNC(=O)c2sc3nc(C)cc(C)c3c2-n2cccc2)cc1OCC. The lowest BCUT2D eigenvalue weighted by atomic mass is 10.1. The molecule has 0 saturated carbocycles. The molecule has 4 rings (SSSR count). The van der Waals surface area contributed by atoms with Crippen molar-refractivity contribution in [3.8, 4) is 17.2 Å². The Morgan fingerprint density at radius 1 is 1.06 bits per heavy atom. The minimum atomic E-state index is -0.0882. The molecule has 4 aromatic rings. The molecule has 1 aromatic carbocycles. The van der Waals surface area contributed by atoms with Crippen molar-refractivity contribution in [2.45, 2.75) is 34.1 Å². The monoisotopic (exact) mass is 463 g/mol. The molecule has 1 N–H and O–H groups in total. The van der Waals surface area contributed by atoms with Crippen molar-refractivity contribution in [2.75, 3.05) is 19.8 Å². The molecule has 0 unspecified atom stereocenters. The second-order valence-corrected chi connectivity index (χ2v) is 8.78. The van der Waals surface area contributed by atoms with E-state index in [0.29, 0.717) is 31.1 Å². The molecule has 0 atom stereocenters. The molecule has 0 saturated heterocycles. The van der Waals surface area contributed by atoms with Gasteiger partial charge in [0.2, 0.25) is 0 Å². The number of rotatable bonds is 9. The molecule has 3 heterocycles. The van der Waals surface area contributed by atoms with E-state index in [4.69, 9.17) is 9.47 Å². The van der Waals surface area contributed by atoms with Crippen LogP contribution >= 0.6 is 11.3 Å². The number of carbonyl (C=O) groups is 1. The van der Waals surface area contributed by atoms with Gasteiger partial charge in [0.1, 0.15) is 9.71 Å². The number of fused-ring (bicyclic) bond motifs is 1. The first kappa shape index (κ1) is 22.9. The summed E-state index contributed by atoms with van der Waals surface area (Å²) in [6.45, 7) is 9.63. The fourth-order valence-electron chi connectivity index (χ4n) is 3.96. The maximum absolute atomic E-state index is 13.2. The topological polar surface area (TPSA) is 65.4 Å². The Hall–Kier alpha value is -3.32. The van der Waals surface area contributed by atoms with Gasteiger partial charge in [-0.25, -0.2) is 4.98 Å². The van der Waals surface area contributed by atoms with Gasteiger partial charge in [0.15, 0.2) is 11.5 Å². The van der Waals surface area contributed by atoms with E-state index in [2.05, 4.69) is 23.3 Å². The average molecular weight is 464 g/mol. The molecule has 0 aliphatic carbocycles. The van der Waals surface area contributed by atoms with E-state index in [0.717, 1.165) is 44.2 Å². The smallest absolute Gasteiger partial charge is 0.263 e. The fourth-order valence-corrected chi connectivity index (χ4v) is 5.17. The third-order valence-corrected chi connectivity index (χ3v) is 6.41. The summed E-state index contributed by atoms with van der Waals surface area (Å²) in [6, 6.07) is 11.9. The van der Waals surface area contributed by atoms with Crippen LogP contribution in [0.4, 0.5) is 0 Å². The van der Waals surface area contributed by atoms with Gasteiger partial charge >= 0.3 is 0 Å². The number of hydrogen-bond donors (Lipinski definition) is 1. The summed E-state index contributed by atoms with van der Waals surface area (Å²) in [5.74, 6) is 1.39. The maximum atomic E-state index is 13.2. The van der Waals surface area contributed by atoms with Crippen LogP contribution in [0.25, 0.3) is 15.9 Å². The minimum absolute atomic E-state index is 0.0882. The number of thiophene rings is 1. The van der Waals surface area contributed by atoms with Gasteiger partial charge in [0.25, 0.3) is 5.91 Å². The first-order valence-corrected chi connectivity index (χ1v) is 12.0. The van der Waals surface area contributed by atoms with Crippen LogP contribution in [0, 0.1) is 13.8 Å². The van der Waals surface area contributed by atoms with Crippen molar-refractivity contribution in [1.29, 1.82) is 0 Å². The first-order chi connectivity index (χ1) is 16.0. The Kier molecular flexibility index (Phi) is 6.99. The molecule has 172 valence electrons. The standard InChI is InChI=1S/C26H29N3O3S/c1-5-31-20-10-9-19(16-21(20)32-6-2)11-12-27-25(30)24-23(29-13-7-8-14-29)22-17(3)15-18(4)28-26(22)33-24/h7-10,13-16H,5-6,11-12H2,1-4H3,(H,27,30). The van der Waals surface area contributed by atoms with E-state index in [1.54, 1.807) is 0 Å². The van der Waals surface area contributed by atoms with Gasteiger partial charge in [-0.05, 0) is 75.6 Å². The van der Waals surface area contributed by atoms with Gasteiger partial charge in [-0.3, -0.25) is 4.79 Å². The van der Waals surface area contributed by atoms with Gasteiger partial charge in [-0.2, -0.15) is 0 Å². The summed E-state index contributed by atoms with van der Waals surface area (Å²) >= 11 is 1.44. The highest BCUT2D eigenvalue weighted by Gasteiger charge is 2.22. The summed E-state index contributed by atoms with van der Waals surface area (Å²) < 4.78 is 13.4. The summed E-state index contributed by atoms with van der Waals surface area (Å²) in [7, 11) is 0. The molecule has 3 aromatic heterocycles. The summed E-state index contributed by atoms with van der Waals surface area (Å²) in [6.07, 6.45) is 4.62. The Bertz CT molecular complexity index is 1260. The van der Waals surface area contributed by atoms with Crippen molar-refractivity contribution in [1.82, 2.24) is 14.9 Å². The van der Waals surface area contributed by atoms with Crippen LogP contribution in [0.15, 0.2) is 48.8 Å². The highest BCUT2D eigenvalue weighted by atomic mass is 32.1. The largest absolute Gasteiger partial charge is 0.490 e. The molecule has 7 heteroatoms. The highest BCUT2D eigenvalue weighted by molar-refractivity contribution is 7.21. The first-order valence-electron chi connectivity index (χ1n) is 11.2. The second-order valence-electron chi connectivity index (χ2n) is 7.78.